The maximum atomic E-state index is 13.3. The van der Waals surface area contributed by atoms with Crippen LogP contribution in [0.2, 0.25) is 0 Å². The molecule has 1 heterocycles. The number of esters is 1. The molecule has 1 aromatic heterocycles. The second-order valence-corrected chi connectivity index (χ2v) is 6.83. The quantitative estimate of drug-likeness (QED) is 0.564. The van der Waals surface area contributed by atoms with Crippen LogP contribution in [0.4, 0.5) is 0 Å². The lowest BCUT2D eigenvalue weighted by Gasteiger charge is -2.32. The maximum Gasteiger partial charge on any atom is 0.322 e. The molecule has 3 aromatic rings. The summed E-state index contributed by atoms with van der Waals surface area (Å²) < 4.78 is 11.0. The number of aryl methyl sites for hydroxylation is 1. The molecule has 1 aliphatic rings. The molecule has 0 bridgehead atoms. The zero-order chi connectivity index (χ0) is 18.1. The van der Waals surface area contributed by atoms with Crippen molar-refractivity contribution in [2.24, 2.45) is 0 Å². The molecular formula is C22H23NO3. The van der Waals surface area contributed by atoms with Gasteiger partial charge in [0.15, 0.2) is 0 Å². The standard InChI is InChI=1S/C22H23NO3/c1-25-19-13-6-4-11-17(19)22(21(24)26-2)14-8-7-10-16-15-9-3-5-12-18(15)23-20(16)22/h3-6,9,11-13,23H,7-8,10,14H2,1-2H3/t22-/m0/s1. The zero-order valence-corrected chi connectivity index (χ0v) is 15.2. The van der Waals surface area contributed by atoms with Crippen LogP contribution in [0, 0.1) is 0 Å². The number of hydrogen-bond donors (Lipinski definition) is 1. The van der Waals surface area contributed by atoms with Gasteiger partial charge in [-0.05, 0) is 37.0 Å². The maximum absolute atomic E-state index is 13.3. The molecule has 0 spiro atoms. The SMILES string of the molecule is COC(=O)[C@]1(c2ccccc2OC)CCCCc2c1[nH]c1ccccc21. The zero-order valence-electron chi connectivity index (χ0n) is 15.2. The van der Waals surface area contributed by atoms with Crippen LogP contribution >= 0.6 is 0 Å². The van der Waals surface area contributed by atoms with E-state index in [1.807, 2.05) is 36.4 Å². The van der Waals surface area contributed by atoms with Crippen molar-refractivity contribution in [2.45, 2.75) is 31.1 Å². The predicted molar refractivity (Wildman–Crippen MR) is 102 cm³/mol. The lowest BCUT2D eigenvalue weighted by molar-refractivity contribution is -0.146. The molecule has 4 rings (SSSR count). The van der Waals surface area contributed by atoms with Crippen LogP contribution < -0.4 is 4.74 Å². The summed E-state index contributed by atoms with van der Waals surface area (Å²) >= 11 is 0. The van der Waals surface area contributed by atoms with E-state index in [1.54, 1.807) is 7.11 Å². The van der Waals surface area contributed by atoms with Crippen molar-refractivity contribution in [1.82, 2.24) is 4.98 Å². The highest BCUT2D eigenvalue weighted by atomic mass is 16.5. The molecule has 2 aromatic carbocycles. The Morgan fingerprint density at radius 3 is 2.62 bits per heavy atom. The first-order chi connectivity index (χ1) is 12.7. The molecule has 0 saturated heterocycles. The van der Waals surface area contributed by atoms with Crippen molar-refractivity contribution in [1.29, 1.82) is 0 Å². The molecule has 0 saturated carbocycles. The molecule has 1 N–H and O–H groups in total. The molecule has 26 heavy (non-hydrogen) atoms. The average Bonchev–Trinajstić information content (AvgIpc) is 2.96. The third-order valence-electron chi connectivity index (χ3n) is 5.57. The van der Waals surface area contributed by atoms with Gasteiger partial charge >= 0.3 is 5.97 Å². The van der Waals surface area contributed by atoms with E-state index in [0.29, 0.717) is 12.2 Å². The molecule has 134 valence electrons. The Morgan fingerprint density at radius 2 is 1.81 bits per heavy atom. The second kappa shape index (κ2) is 6.52. The van der Waals surface area contributed by atoms with Crippen LogP contribution in [0.15, 0.2) is 48.5 Å². The highest BCUT2D eigenvalue weighted by Gasteiger charge is 2.48. The lowest BCUT2D eigenvalue weighted by atomic mass is 9.73. The third-order valence-corrected chi connectivity index (χ3v) is 5.57. The lowest BCUT2D eigenvalue weighted by Crippen LogP contribution is -2.39. The number of aromatic amines is 1. The number of carbonyl (C=O) groups is 1. The van der Waals surface area contributed by atoms with Crippen LogP contribution in [-0.2, 0) is 21.4 Å². The Bertz CT molecular complexity index is 959. The fourth-order valence-electron chi connectivity index (χ4n) is 4.40. The smallest absolute Gasteiger partial charge is 0.322 e. The second-order valence-electron chi connectivity index (χ2n) is 6.83. The first kappa shape index (κ1) is 16.7. The van der Waals surface area contributed by atoms with Crippen LogP contribution in [0.3, 0.4) is 0 Å². The molecule has 0 radical (unpaired) electrons. The summed E-state index contributed by atoms with van der Waals surface area (Å²) in [5, 5.41) is 1.19. The molecular weight excluding hydrogens is 326 g/mol. The Kier molecular flexibility index (Phi) is 4.19. The molecule has 0 amide bonds. The first-order valence-electron chi connectivity index (χ1n) is 9.04. The van der Waals surface area contributed by atoms with Crippen LogP contribution in [-0.4, -0.2) is 25.2 Å². The Balaban J connectivity index is 2.08. The topological polar surface area (TPSA) is 51.3 Å². The number of methoxy groups -OCH3 is 2. The number of H-pyrrole nitrogens is 1. The summed E-state index contributed by atoms with van der Waals surface area (Å²) in [6, 6.07) is 16.0. The third kappa shape index (κ3) is 2.32. The van der Waals surface area contributed by atoms with E-state index in [2.05, 4.69) is 17.1 Å². The van der Waals surface area contributed by atoms with Crippen molar-refractivity contribution in [3.05, 3.63) is 65.4 Å². The first-order valence-corrected chi connectivity index (χ1v) is 9.04. The van der Waals surface area contributed by atoms with Gasteiger partial charge in [-0.3, -0.25) is 4.79 Å². The number of para-hydroxylation sites is 2. The number of benzene rings is 2. The summed E-state index contributed by atoms with van der Waals surface area (Å²) in [4.78, 5) is 16.8. The van der Waals surface area contributed by atoms with E-state index in [-0.39, 0.29) is 5.97 Å². The molecule has 0 aliphatic heterocycles. The van der Waals surface area contributed by atoms with Gasteiger partial charge in [-0.25, -0.2) is 0 Å². The Labute approximate surface area is 153 Å². The Morgan fingerprint density at radius 1 is 1.04 bits per heavy atom. The number of hydrogen-bond acceptors (Lipinski definition) is 3. The highest BCUT2D eigenvalue weighted by molar-refractivity contribution is 5.93. The molecule has 1 atom stereocenters. The molecule has 4 heteroatoms. The number of fused-ring (bicyclic) bond motifs is 3. The summed E-state index contributed by atoms with van der Waals surface area (Å²) in [6.45, 7) is 0. The largest absolute Gasteiger partial charge is 0.496 e. The summed E-state index contributed by atoms with van der Waals surface area (Å²) in [5.74, 6) is 0.473. The van der Waals surface area contributed by atoms with Gasteiger partial charge in [-0.15, -0.1) is 0 Å². The fourth-order valence-corrected chi connectivity index (χ4v) is 4.40. The van der Waals surface area contributed by atoms with Gasteiger partial charge in [0.25, 0.3) is 0 Å². The van der Waals surface area contributed by atoms with E-state index in [4.69, 9.17) is 9.47 Å². The van der Waals surface area contributed by atoms with Gasteiger partial charge in [-0.1, -0.05) is 42.8 Å². The number of aromatic nitrogens is 1. The van der Waals surface area contributed by atoms with Gasteiger partial charge in [0.1, 0.15) is 11.2 Å². The van der Waals surface area contributed by atoms with Gasteiger partial charge in [0.05, 0.1) is 14.2 Å². The van der Waals surface area contributed by atoms with E-state index in [9.17, 15) is 4.79 Å². The van der Waals surface area contributed by atoms with Crippen molar-refractivity contribution < 1.29 is 14.3 Å². The van der Waals surface area contributed by atoms with Crippen molar-refractivity contribution in [2.75, 3.05) is 14.2 Å². The van der Waals surface area contributed by atoms with Crippen molar-refractivity contribution in [3.8, 4) is 5.75 Å². The summed E-state index contributed by atoms with van der Waals surface area (Å²) in [5.41, 5.74) is 3.21. The van der Waals surface area contributed by atoms with Gasteiger partial charge in [0.2, 0.25) is 0 Å². The number of rotatable bonds is 3. The number of ether oxygens (including phenoxy) is 2. The summed E-state index contributed by atoms with van der Waals surface area (Å²) in [6.07, 6.45) is 3.64. The van der Waals surface area contributed by atoms with Crippen LogP contribution in [0.25, 0.3) is 10.9 Å². The minimum absolute atomic E-state index is 0.239. The van der Waals surface area contributed by atoms with E-state index < -0.39 is 5.41 Å². The number of nitrogens with one attached hydrogen (secondary N) is 1. The minimum atomic E-state index is -0.883. The normalized spacial score (nSPS) is 19.6. The molecule has 4 nitrogen and oxygen atoms in total. The average molecular weight is 349 g/mol. The highest BCUT2D eigenvalue weighted by Crippen LogP contribution is 2.47. The number of carbonyl (C=O) groups excluding carboxylic acids is 1. The van der Waals surface area contributed by atoms with Crippen molar-refractivity contribution in [3.63, 3.8) is 0 Å². The molecule has 0 fully saturated rings. The van der Waals surface area contributed by atoms with E-state index in [0.717, 1.165) is 36.0 Å². The Hall–Kier alpha value is -2.75. The van der Waals surface area contributed by atoms with Crippen LogP contribution in [0.1, 0.15) is 36.1 Å². The molecule has 1 aliphatic carbocycles. The van der Waals surface area contributed by atoms with Gasteiger partial charge in [-0.2, -0.15) is 0 Å². The summed E-state index contributed by atoms with van der Waals surface area (Å²) in [7, 11) is 3.11. The monoisotopic (exact) mass is 349 g/mol. The van der Waals surface area contributed by atoms with Crippen LogP contribution in [0.5, 0.6) is 5.75 Å². The van der Waals surface area contributed by atoms with E-state index in [1.165, 1.54) is 18.1 Å². The van der Waals surface area contributed by atoms with E-state index >= 15 is 0 Å². The molecule has 0 unspecified atom stereocenters. The predicted octanol–water partition coefficient (Wildman–Crippen LogP) is 4.36. The fraction of sp³-hybridized carbons (Fsp3) is 0.318. The minimum Gasteiger partial charge on any atom is -0.496 e. The van der Waals surface area contributed by atoms with Gasteiger partial charge < -0.3 is 14.5 Å². The van der Waals surface area contributed by atoms with Crippen molar-refractivity contribution >= 4 is 16.9 Å². The van der Waals surface area contributed by atoms with Gasteiger partial charge in [0, 0.05) is 22.2 Å².